The number of nitrogens with one attached hydrogen (secondary N) is 1. The molecule has 0 spiro atoms. The third-order valence-corrected chi connectivity index (χ3v) is 6.36. The van der Waals surface area contributed by atoms with E-state index in [4.69, 9.17) is 5.21 Å². The molecule has 0 radical (unpaired) electrons. The molecule has 1 atom stereocenters. The quantitative estimate of drug-likeness (QED) is 0.548. The maximum atomic E-state index is 12.2. The lowest BCUT2D eigenvalue weighted by molar-refractivity contribution is 0.0550. The highest BCUT2D eigenvalue weighted by Crippen LogP contribution is 2.32. The number of hydrogen-bond acceptors (Lipinski definition) is 6. The lowest BCUT2D eigenvalue weighted by Crippen LogP contribution is -2.39. The van der Waals surface area contributed by atoms with Crippen molar-refractivity contribution in [3.8, 4) is 0 Å². The van der Waals surface area contributed by atoms with Crippen molar-refractivity contribution >= 4 is 44.5 Å². The maximum absolute atomic E-state index is 12.2. The van der Waals surface area contributed by atoms with E-state index in [1.807, 2.05) is 0 Å². The molecule has 1 amide bonds. The predicted octanol–water partition coefficient (Wildman–Crippen LogP) is 1.11. The average Bonchev–Trinajstić information content (AvgIpc) is 2.80. The van der Waals surface area contributed by atoms with E-state index in [1.165, 1.54) is 0 Å². The Morgan fingerprint density at radius 3 is 2.79 bits per heavy atom. The van der Waals surface area contributed by atoms with Crippen molar-refractivity contribution in [1.29, 1.82) is 0 Å². The zero-order chi connectivity index (χ0) is 14.0. The molecule has 1 saturated heterocycles. The third kappa shape index (κ3) is 3.48. The zero-order valence-electron chi connectivity index (χ0n) is 9.84. The number of aliphatic hydroxyl groups excluding tert-OH is 1. The Morgan fingerprint density at radius 1 is 1.58 bits per heavy atom. The molecule has 6 nitrogen and oxygen atoms in total. The highest BCUT2D eigenvalue weighted by molar-refractivity contribution is 9.10. The second-order valence-corrected chi connectivity index (χ2v) is 7.42. The first-order valence-corrected chi connectivity index (χ1v) is 8.37. The lowest BCUT2D eigenvalue weighted by atomic mass is 10.1. The fourth-order valence-electron chi connectivity index (χ4n) is 1.85. The first-order valence-electron chi connectivity index (χ1n) is 5.61. The van der Waals surface area contributed by atoms with Crippen LogP contribution in [0.2, 0.25) is 0 Å². The summed E-state index contributed by atoms with van der Waals surface area (Å²) in [5.41, 5.74) is 0. The summed E-state index contributed by atoms with van der Waals surface area (Å²) in [7, 11) is 0. The van der Waals surface area contributed by atoms with Crippen LogP contribution < -0.4 is 4.89 Å². The van der Waals surface area contributed by atoms with Gasteiger partial charge in [-0.25, -0.2) is 0 Å². The van der Waals surface area contributed by atoms with Crippen LogP contribution in [0.15, 0.2) is 14.7 Å². The SMILES string of the molecule is O=C(c1cc(Br)c([S+]([O-])NO)s1)N1CCC(O)CC1. The molecule has 0 bridgehead atoms. The molecule has 1 fully saturated rings. The zero-order valence-corrected chi connectivity index (χ0v) is 13.1. The molecular formula is C10H13BrN2O4S2. The van der Waals surface area contributed by atoms with Crippen LogP contribution in [0.1, 0.15) is 22.5 Å². The molecule has 0 saturated carbocycles. The topological polar surface area (TPSA) is 95.9 Å². The van der Waals surface area contributed by atoms with E-state index in [1.54, 1.807) is 15.9 Å². The monoisotopic (exact) mass is 368 g/mol. The molecule has 1 aromatic heterocycles. The Bertz CT molecular complexity index is 462. The highest BCUT2D eigenvalue weighted by Gasteiger charge is 2.27. The standard InChI is InChI=1S/C10H13BrN2O4S2/c11-7-5-8(18-10(7)19(17)12-16)9(15)13-3-1-6(14)2-4-13/h5-6,12,14,16H,1-4H2. The van der Waals surface area contributed by atoms with Crippen molar-refractivity contribution in [2.75, 3.05) is 13.1 Å². The van der Waals surface area contributed by atoms with Gasteiger partial charge in [-0.2, -0.15) is 0 Å². The van der Waals surface area contributed by atoms with Gasteiger partial charge in [-0.1, -0.05) is 11.3 Å². The van der Waals surface area contributed by atoms with Gasteiger partial charge in [-0.3, -0.25) is 10.0 Å². The van der Waals surface area contributed by atoms with E-state index < -0.39 is 11.4 Å². The summed E-state index contributed by atoms with van der Waals surface area (Å²) < 4.78 is 12.4. The summed E-state index contributed by atoms with van der Waals surface area (Å²) >= 11 is 2.55. The maximum Gasteiger partial charge on any atom is 0.264 e. The van der Waals surface area contributed by atoms with E-state index in [2.05, 4.69) is 15.9 Å². The number of thiophene rings is 1. The minimum absolute atomic E-state index is 0.140. The van der Waals surface area contributed by atoms with Crippen LogP contribution in [0.25, 0.3) is 0 Å². The van der Waals surface area contributed by atoms with E-state index in [0.717, 1.165) is 11.3 Å². The van der Waals surface area contributed by atoms with Crippen LogP contribution in [0.3, 0.4) is 0 Å². The number of amides is 1. The number of carbonyl (C=O) groups is 1. The molecule has 1 aromatic rings. The van der Waals surface area contributed by atoms with E-state index in [0.29, 0.717) is 39.5 Å². The summed E-state index contributed by atoms with van der Waals surface area (Å²) in [6.45, 7) is 1.04. The highest BCUT2D eigenvalue weighted by atomic mass is 79.9. The fourth-order valence-corrected chi connectivity index (χ4v) is 4.67. The first kappa shape index (κ1) is 15.2. The summed E-state index contributed by atoms with van der Waals surface area (Å²) in [6.07, 6.45) is 0.825. The normalized spacial score (nSPS) is 18.6. The number of likely N-dealkylation sites (tertiary alicyclic amines) is 1. The van der Waals surface area contributed by atoms with Gasteiger partial charge in [0.15, 0.2) is 0 Å². The number of nitrogens with zero attached hydrogens (tertiary/aromatic N) is 1. The fraction of sp³-hybridized carbons (Fsp3) is 0.500. The molecular weight excluding hydrogens is 356 g/mol. The van der Waals surface area contributed by atoms with Crippen LogP contribution in [0.5, 0.6) is 0 Å². The van der Waals surface area contributed by atoms with Gasteiger partial charge < -0.3 is 14.6 Å². The van der Waals surface area contributed by atoms with E-state index >= 15 is 0 Å². The molecule has 1 aliphatic rings. The second kappa shape index (κ2) is 6.53. The van der Waals surface area contributed by atoms with Crippen LogP contribution in [0.4, 0.5) is 0 Å². The molecule has 2 heterocycles. The van der Waals surface area contributed by atoms with Gasteiger partial charge in [0.2, 0.25) is 4.21 Å². The minimum Gasteiger partial charge on any atom is -0.590 e. The van der Waals surface area contributed by atoms with Crippen molar-refractivity contribution in [2.24, 2.45) is 0 Å². The molecule has 19 heavy (non-hydrogen) atoms. The Hall–Kier alpha value is -0.160. The Labute approximate surface area is 125 Å². The summed E-state index contributed by atoms with van der Waals surface area (Å²) in [6, 6.07) is 1.60. The van der Waals surface area contributed by atoms with E-state index in [-0.39, 0.29) is 12.0 Å². The lowest BCUT2D eigenvalue weighted by Gasteiger charge is -2.29. The van der Waals surface area contributed by atoms with Crippen molar-refractivity contribution in [1.82, 2.24) is 9.79 Å². The van der Waals surface area contributed by atoms with E-state index in [9.17, 15) is 14.5 Å². The number of aliphatic hydroxyl groups is 1. The Morgan fingerprint density at radius 2 is 2.21 bits per heavy atom. The third-order valence-electron chi connectivity index (χ3n) is 2.87. The van der Waals surface area contributed by atoms with Crippen molar-refractivity contribution in [2.45, 2.75) is 23.2 Å². The molecule has 0 aromatic carbocycles. The van der Waals surface area contributed by atoms with Crippen molar-refractivity contribution < 1.29 is 19.7 Å². The van der Waals surface area contributed by atoms with Gasteiger partial charge in [0.25, 0.3) is 5.91 Å². The molecule has 3 N–H and O–H groups in total. The summed E-state index contributed by atoms with van der Waals surface area (Å²) in [5.74, 6) is -0.140. The smallest absolute Gasteiger partial charge is 0.264 e. The molecule has 1 aliphatic heterocycles. The van der Waals surface area contributed by atoms with Crippen LogP contribution in [0, 0.1) is 0 Å². The van der Waals surface area contributed by atoms with Gasteiger partial charge in [-0.05, 0) is 39.7 Å². The van der Waals surface area contributed by atoms with Gasteiger partial charge in [0.05, 0.1) is 15.5 Å². The first-order chi connectivity index (χ1) is 9.02. The molecule has 106 valence electrons. The number of piperidine rings is 1. The predicted molar refractivity (Wildman–Crippen MR) is 74.5 cm³/mol. The number of carbonyl (C=O) groups excluding carboxylic acids is 1. The number of rotatable bonds is 3. The van der Waals surface area contributed by atoms with Gasteiger partial charge in [0.1, 0.15) is 11.4 Å². The largest absolute Gasteiger partial charge is 0.590 e. The van der Waals surface area contributed by atoms with Gasteiger partial charge >= 0.3 is 0 Å². The average molecular weight is 369 g/mol. The number of halogens is 1. The second-order valence-electron chi connectivity index (χ2n) is 4.13. The molecule has 9 heteroatoms. The van der Waals surface area contributed by atoms with Crippen LogP contribution >= 0.6 is 27.3 Å². The minimum atomic E-state index is -1.74. The molecule has 1 unspecified atom stereocenters. The summed E-state index contributed by atoms with van der Waals surface area (Å²) in [4.78, 5) is 16.0. The van der Waals surface area contributed by atoms with Crippen molar-refractivity contribution in [3.05, 3.63) is 15.4 Å². The Kier molecular flexibility index (Phi) is 5.23. The summed E-state index contributed by atoms with van der Waals surface area (Å²) in [5, 5.41) is 18.1. The van der Waals surface area contributed by atoms with Crippen LogP contribution in [-0.4, -0.2) is 44.9 Å². The number of hydrogen-bond donors (Lipinski definition) is 3. The molecule has 0 aliphatic carbocycles. The van der Waals surface area contributed by atoms with Crippen molar-refractivity contribution in [3.63, 3.8) is 0 Å². The Balaban J connectivity index is 2.11. The van der Waals surface area contributed by atoms with Gasteiger partial charge in [0, 0.05) is 13.1 Å². The molecule has 2 rings (SSSR count). The van der Waals surface area contributed by atoms with Crippen LogP contribution in [-0.2, 0) is 11.4 Å². The van der Waals surface area contributed by atoms with Gasteiger partial charge in [-0.15, -0.1) is 0 Å².